The Balaban J connectivity index is 2.51. The Morgan fingerprint density at radius 2 is 1.95 bits per heavy atom. The van der Waals surface area contributed by atoms with Crippen LogP contribution in [0.15, 0.2) is 18.2 Å². The summed E-state index contributed by atoms with van der Waals surface area (Å²) in [5, 5.41) is 3.09. The molecule has 112 valence electrons. The van der Waals surface area contributed by atoms with Crippen LogP contribution in [-0.4, -0.2) is 12.5 Å². The molecule has 0 bridgehead atoms. The van der Waals surface area contributed by atoms with E-state index in [0.717, 1.165) is 12.8 Å². The smallest absolute Gasteiger partial charge is 0.220 e. The fourth-order valence-electron chi connectivity index (χ4n) is 2.42. The summed E-state index contributed by atoms with van der Waals surface area (Å²) in [5.74, 6) is 0.643. The van der Waals surface area contributed by atoms with Gasteiger partial charge in [-0.05, 0) is 57.2 Å². The van der Waals surface area contributed by atoms with Gasteiger partial charge in [-0.15, -0.1) is 0 Å². The average Bonchev–Trinajstić information content (AvgIpc) is 2.39. The van der Waals surface area contributed by atoms with Gasteiger partial charge >= 0.3 is 0 Å². The van der Waals surface area contributed by atoms with Crippen molar-refractivity contribution in [3.05, 3.63) is 34.9 Å². The van der Waals surface area contributed by atoms with Crippen molar-refractivity contribution in [3.8, 4) is 0 Å². The lowest BCUT2D eigenvalue weighted by molar-refractivity contribution is -0.122. The molecule has 1 amide bonds. The Morgan fingerprint density at radius 1 is 1.25 bits per heavy atom. The molecule has 0 aliphatic carbocycles. The molecule has 3 heteroatoms. The number of aryl methyl sites for hydroxylation is 2. The molecule has 0 radical (unpaired) electrons. The van der Waals surface area contributed by atoms with E-state index < -0.39 is 0 Å². The molecule has 0 aliphatic rings. The van der Waals surface area contributed by atoms with E-state index >= 15 is 0 Å². The third kappa shape index (κ3) is 5.33. The number of nitrogens with one attached hydrogen (secondary N) is 1. The first-order valence-electron chi connectivity index (χ1n) is 7.50. The van der Waals surface area contributed by atoms with E-state index in [2.05, 4.69) is 44.3 Å². The molecule has 1 aromatic rings. The van der Waals surface area contributed by atoms with Gasteiger partial charge in [0.05, 0.1) is 6.04 Å². The molecule has 0 heterocycles. The summed E-state index contributed by atoms with van der Waals surface area (Å²) < 4.78 is 0. The van der Waals surface area contributed by atoms with Crippen LogP contribution in [0.1, 0.15) is 55.8 Å². The fourth-order valence-corrected chi connectivity index (χ4v) is 2.42. The van der Waals surface area contributed by atoms with Gasteiger partial charge in [0, 0.05) is 6.42 Å². The van der Waals surface area contributed by atoms with Crippen molar-refractivity contribution in [2.45, 2.75) is 53.0 Å². The van der Waals surface area contributed by atoms with Crippen molar-refractivity contribution >= 4 is 5.91 Å². The minimum absolute atomic E-state index is 0.0622. The Morgan fingerprint density at radius 3 is 2.60 bits per heavy atom. The molecule has 0 aromatic heterocycles. The monoisotopic (exact) mass is 276 g/mol. The van der Waals surface area contributed by atoms with E-state index in [1.807, 2.05) is 6.92 Å². The molecule has 2 atom stereocenters. The maximum absolute atomic E-state index is 12.0. The second-order valence-electron chi connectivity index (χ2n) is 5.87. The van der Waals surface area contributed by atoms with Gasteiger partial charge in [-0.1, -0.05) is 30.7 Å². The number of nitrogens with two attached hydrogens (primary N) is 1. The highest BCUT2D eigenvalue weighted by Gasteiger charge is 2.12. The third-order valence-electron chi connectivity index (χ3n) is 3.80. The molecular formula is C17H28N2O. The third-order valence-corrected chi connectivity index (χ3v) is 3.80. The summed E-state index contributed by atoms with van der Waals surface area (Å²) in [7, 11) is 0. The van der Waals surface area contributed by atoms with Crippen LogP contribution in [0.25, 0.3) is 0 Å². The molecule has 1 aromatic carbocycles. The van der Waals surface area contributed by atoms with Crippen molar-refractivity contribution in [1.29, 1.82) is 0 Å². The summed E-state index contributed by atoms with van der Waals surface area (Å²) in [6, 6.07) is 6.42. The molecule has 0 fully saturated rings. The number of hydrogen-bond donors (Lipinski definition) is 2. The minimum atomic E-state index is 0.0622. The Hall–Kier alpha value is -1.35. The van der Waals surface area contributed by atoms with Crippen LogP contribution in [0.5, 0.6) is 0 Å². The van der Waals surface area contributed by atoms with Gasteiger partial charge in [-0.3, -0.25) is 4.79 Å². The van der Waals surface area contributed by atoms with Gasteiger partial charge in [-0.25, -0.2) is 0 Å². The maximum atomic E-state index is 12.0. The number of carbonyl (C=O) groups is 1. The van der Waals surface area contributed by atoms with Crippen molar-refractivity contribution in [2.75, 3.05) is 6.54 Å². The number of amides is 1. The number of carbonyl (C=O) groups excluding carboxylic acids is 1. The van der Waals surface area contributed by atoms with Crippen LogP contribution < -0.4 is 11.1 Å². The SMILES string of the molecule is Cc1ccc(C)c(C(C)NC(=O)CCC(C)CCN)c1. The van der Waals surface area contributed by atoms with E-state index in [9.17, 15) is 4.79 Å². The summed E-state index contributed by atoms with van der Waals surface area (Å²) in [4.78, 5) is 12.0. The van der Waals surface area contributed by atoms with Crippen LogP contribution >= 0.6 is 0 Å². The standard InChI is InChI=1S/C17H28N2O/c1-12(9-10-18)6-8-17(20)19-15(4)16-11-13(2)5-7-14(16)3/h5,7,11-12,15H,6,8-10,18H2,1-4H3,(H,19,20). The van der Waals surface area contributed by atoms with E-state index in [1.165, 1.54) is 16.7 Å². The van der Waals surface area contributed by atoms with Crippen LogP contribution in [0.2, 0.25) is 0 Å². The molecular weight excluding hydrogens is 248 g/mol. The topological polar surface area (TPSA) is 55.1 Å². The van der Waals surface area contributed by atoms with E-state index in [4.69, 9.17) is 5.73 Å². The maximum Gasteiger partial charge on any atom is 0.220 e. The lowest BCUT2D eigenvalue weighted by Crippen LogP contribution is -2.27. The molecule has 0 saturated heterocycles. The molecule has 0 aliphatic heterocycles. The minimum Gasteiger partial charge on any atom is -0.350 e. The highest BCUT2D eigenvalue weighted by molar-refractivity contribution is 5.76. The van der Waals surface area contributed by atoms with Crippen LogP contribution in [0.3, 0.4) is 0 Å². The van der Waals surface area contributed by atoms with Crippen molar-refractivity contribution in [3.63, 3.8) is 0 Å². The first-order chi connectivity index (χ1) is 9.43. The molecule has 3 nitrogen and oxygen atoms in total. The summed E-state index contributed by atoms with van der Waals surface area (Å²) in [6.45, 7) is 9.05. The van der Waals surface area contributed by atoms with Gasteiger partial charge in [0.25, 0.3) is 0 Å². The second-order valence-corrected chi connectivity index (χ2v) is 5.87. The molecule has 0 saturated carbocycles. The Kier molecular flexibility index (Phi) is 6.73. The predicted molar refractivity (Wildman–Crippen MR) is 84.5 cm³/mol. The second kappa shape index (κ2) is 8.05. The van der Waals surface area contributed by atoms with Crippen LogP contribution in [0.4, 0.5) is 0 Å². The van der Waals surface area contributed by atoms with Gasteiger partial charge < -0.3 is 11.1 Å². The molecule has 3 N–H and O–H groups in total. The molecule has 0 spiro atoms. The lowest BCUT2D eigenvalue weighted by atomic mass is 9.99. The zero-order valence-electron chi connectivity index (χ0n) is 13.2. The first-order valence-corrected chi connectivity index (χ1v) is 7.50. The summed E-state index contributed by atoms with van der Waals surface area (Å²) in [5.41, 5.74) is 9.17. The van der Waals surface area contributed by atoms with Gasteiger partial charge in [0.15, 0.2) is 0 Å². The fraction of sp³-hybridized carbons (Fsp3) is 0.588. The lowest BCUT2D eigenvalue weighted by Gasteiger charge is -2.18. The highest BCUT2D eigenvalue weighted by atomic mass is 16.1. The van der Waals surface area contributed by atoms with Crippen molar-refractivity contribution in [2.24, 2.45) is 11.7 Å². The quantitative estimate of drug-likeness (QED) is 0.803. The zero-order valence-corrected chi connectivity index (χ0v) is 13.2. The molecule has 2 unspecified atom stereocenters. The zero-order chi connectivity index (χ0) is 15.1. The normalized spacial score (nSPS) is 13.8. The largest absolute Gasteiger partial charge is 0.350 e. The van der Waals surface area contributed by atoms with Gasteiger partial charge in [0.1, 0.15) is 0 Å². The van der Waals surface area contributed by atoms with Gasteiger partial charge in [-0.2, -0.15) is 0 Å². The highest BCUT2D eigenvalue weighted by Crippen LogP contribution is 2.19. The number of benzene rings is 1. The van der Waals surface area contributed by atoms with Crippen LogP contribution in [0, 0.1) is 19.8 Å². The van der Waals surface area contributed by atoms with E-state index in [1.54, 1.807) is 0 Å². The first kappa shape index (κ1) is 16.7. The molecule has 20 heavy (non-hydrogen) atoms. The number of rotatable bonds is 7. The van der Waals surface area contributed by atoms with E-state index in [0.29, 0.717) is 18.9 Å². The average molecular weight is 276 g/mol. The summed E-state index contributed by atoms with van der Waals surface area (Å²) >= 11 is 0. The van der Waals surface area contributed by atoms with Crippen LogP contribution in [-0.2, 0) is 4.79 Å². The van der Waals surface area contributed by atoms with Gasteiger partial charge in [0.2, 0.25) is 5.91 Å². The van der Waals surface area contributed by atoms with Crippen molar-refractivity contribution < 1.29 is 4.79 Å². The predicted octanol–water partition coefficient (Wildman–Crippen LogP) is 3.25. The summed E-state index contributed by atoms with van der Waals surface area (Å²) in [6.07, 6.45) is 2.47. The molecule has 1 rings (SSSR count). The Labute approximate surface area is 122 Å². The van der Waals surface area contributed by atoms with Crippen molar-refractivity contribution in [1.82, 2.24) is 5.32 Å². The number of hydrogen-bond acceptors (Lipinski definition) is 2. The van der Waals surface area contributed by atoms with E-state index in [-0.39, 0.29) is 11.9 Å². The Bertz CT molecular complexity index is 443.